The quantitative estimate of drug-likeness (QED) is 0.514. The van der Waals surface area contributed by atoms with Gasteiger partial charge in [0.1, 0.15) is 5.92 Å². The highest BCUT2D eigenvalue weighted by molar-refractivity contribution is 5.72. The Bertz CT molecular complexity index is 249. The van der Waals surface area contributed by atoms with Crippen LogP contribution in [0, 0.1) is 5.92 Å². The Morgan fingerprint density at radius 3 is 2.24 bits per heavy atom. The minimum atomic E-state index is -0.792. The Morgan fingerprint density at radius 1 is 1.12 bits per heavy atom. The lowest BCUT2D eigenvalue weighted by Gasteiger charge is -2.35. The van der Waals surface area contributed by atoms with Gasteiger partial charge in [0.2, 0.25) is 5.79 Å². The summed E-state index contributed by atoms with van der Waals surface area (Å²) in [4.78, 5) is 32.1. The van der Waals surface area contributed by atoms with Crippen LogP contribution in [0.1, 0.15) is 32.1 Å². The van der Waals surface area contributed by atoms with Crippen molar-refractivity contribution >= 4 is 5.97 Å². The molecule has 1 heterocycles. The van der Waals surface area contributed by atoms with E-state index >= 15 is 0 Å². The second-order valence-electron chi connectivity index (χ2n) is 4.43. The third kappa shape index (κ3) is 3.16. The standard InChI is InChI=1S/C11H18O6/c1-13-10(12)9-7-14-16-11(17-15-8-9)5-3-2-4-6-11/h9H,2-8H2,1H3. The topological polar surface area (TPSA) is 63.2 Å². The minimum Gasteiger partial charge on any atom is -0.469 e. The zero-order chi connectivity index (χ0) is 12.1. The Hall–Kier alpha value is -0.690. The Balaban J connectivity index is 1.88. The third-order valence-corrected chi connectivity index (χ3v) is 3.11. The molecule has 0 amide bonds. The molecule has 6 heteroatoms. The van der Waals surface area contributed by atoms with Gasteiger partial charge in [-0.3, -0.25) is 4.79 Å². The fourth-order valence-electron chi connectivity index (χ4n) is 2.07. The molecular formula is C11H18O6. The van der Waals surface area contributed by atoms with Crippen molar-refractivity contribution in [3.8, 4) is 0 Å². The summed E-state index contributed by atoms with van der Waals surface area (Å²) in [6.45, 7) is 0.246. The highest BCUT2D eigenvalue weighted by atomic mass is 17.3. The van der Waals surface area contributed by atoms with Crippen molar-refractivity contribution in [3.63, 3.8) is 0 Å². The predicted octanol–water partition coefficient (Wildman–Crippen LogP) is 1.35. The molecule has 0 aromatic rings. The van der Waals surface area contributed by atoms with Gasteiger partial charge in [-0.2, -0.15) is 9.78 Å². The van der Waals surface area contributed by atoms with Gasteiger partial charge in [0.25, 0.3) is 0 Å². The van der Waals surface area contributed by atoms with Crippen LogP contribution in [0.4, 0.5) is 0 Å². The Labute approximate surface area is 100.0 Å². The van der Waals surface area contributed by atoms with Crippen molar-refractivity contribution in [2.24, 2.45) is 5.92 Å². The lowest BCUT2D eigenvalue weighted by molar-refractivity contribution is -0.531. The van der Waals surface area contributed by atoms with Crippen LogP contribution in [0.2, 0.25) is 0 Å². The number of rotatable bonds is 1. The van der Waals surface area contributed by atoms with Crippen molar-refractivity contribution in [2.45, 2.75) is 37.9 Å². The average Bonchev–Trinajstić information content (AvgIpc) is 2.34. The maximum atomic E-state index is 11.3. The Morgan fingerprint density at radius 2 is 1.71 bits per heavy atom. The molecule has 1 saturated carbocycles. The van der Waals surface area contributed by atoms with Gasteiger partial charge in [-0.05, 0) is 12.8 Å². The first-order valence-electron chi connectivity index (χ1n) is 5.95. The van der Waals surface area contributed by atoms with E-state index in [0.717, 1.165) is 25.7 Å². The molecule has 0 unspecified atom stereocenters. The number of ether oxygens (including phenoxy) is 1. The van der Waals surface area contributed by atoms with E-state index in [1.54, 1.807) is 0 Å². The molecule has 0 bridgehead atoms. The van der Waals surface area contributed by atoms with Crippen LogP contribution in [0.25, 0.3) is 0 Å². The average molecular weight is 246 g/mol. The van der Waals surface area contributed by atoms with Crippen LogP contribution in [0.15, 0.2) is 0 Å². The van der Waals surface area contributed by atoms with Crippen molar-refractivity contribution in [3.05, 3.63) is 0 Å². The molecule has 98 valence electrons. The van der Waals surface area contributed by atoms with E-state index in [9.17, 15) is 4.79 Å². The van der Waals surface area contributed by atoms with Crippen LogP contribution in [0.3, 0.4) is 0 Å². The van der Waals surface area contributed by atoms with E-state index in [4.69, 9.17) is 19.6 Å². The molecule has 17 heavy (non-hydrogen) atoms. The number of esters is 1. The maximum absolute atomic E-state index is 11.3. The predicted molar refractivity (Wildman–Crippen MR) is 55.4 cm³/mol. The molecule has 0 N–H and O–H groups in total. The van der Waals surface area contributed by atoms with Crippen LogP contribution < -0.4 is 0 Å². The molecule has 1 saturated heterocycles. The lowest BCUT2D eigenvalue weighted by Crippen LogP contribution is -2.42. The monoisotopic (exact) mass is 246 g/mol. The first-order valence-corrected chi connectivity index (χ1v) is 5.95. The van der Waals surface area contributed by atoms with E-state index in [-0.39, 0.29) is 13.2 Å². The molecule has 0 radical (unpaired) electrons. The van der Waals surface area contributed by atoms with Crippen LogP contribution in [-0.4, -0.2) is 32.1 Å². The van der Waals surface area contributed by atoms with E-state index in [0.29, 0.717) is 0 Å². The fraction of sp³-hybridized carbons (Fsp3) is 0.909. The van der Waals surface area contributed by atoms with Crippen LogP contribution >= 0.6 is 0 Å². The normalized spacial score (nSPS) is 26.2. The summed E-state index contributed by atoms with van der Waals surface area (Å²) in [5, 5.41) is 0. The summed E-state index contributed by atoms with van der Waals surface area (Å²) in [5.74, 6) is -1.70. The fourth-order valence-corrected chi connectivity index (χ4v) is 2.07. The van der Waals surface area contributed by atoms with E-state index in [2.05, 4.69) is 4.74 Å². The highest BCUT2D eigenvalue weighted by Crippen LogP contribution is 2.34. The SMILES string of the molecule is COC(=O)C1COOC2(CCCCC2)OOC1. The number of hydrogen-bond donors (Lipinski definition) is 0. The molecule has 0 aromatic heterocycles. The summed E-state index contributed by atoms with van der Waals surface area (Å²) < 4.78 is 4.61. The van der Waals surface area contributed by atoms with Crippen molar-refractivity contribution < 1.29 is 29.1 Å². The van der Waals surface area contributed by atoms with Crippen LogP contribution in [0.5, 0.6) is 0 Å². The molecular weight excluding hydrogens is 228 g/mol. The molecule has 2 rings (SSSR count). The van der Waals surface area contributed by atoms with Gasteiger partial charge in [-0.15, -0.1) is 0 Å². The molecule has 6 nitrogen and oxygen atoms in total. The molecule has 1 spiro atoms. The van der Waals surface area contributed by atoms with Gasteiger partial charge in [0.15, 0.2) is 0 Å². The van der Waals surface area contributed by atoms with Crippen molar-refractivity contribution in [2.75, 3.05) is 20.3 Å². The summed E-state index contributed by atoms with van der Waals surface area (Å²) in [6, 6.07) is 0. The summed E-state index contributed by atoms with van der Waals surface area (Å²) in [7, 11) is 1.32. The van der Waals surface area contributed by atoms with E-state index in [1.165, 1.54) is 13.5 Å². The van der Waals surface area contributed by atoms with Gasteiger partial charge >= 0.3 is 5.97 Å². The molecule has 2 fully saturated rings. The van der Waals surface area contributed by atoms with Gasteiger partial charge in [0, 0.05) is 12.8 Å². The number of hydrogen-bond acceptors (Lipinski definition) is 6. The lowest BCUT2D eigenvalue weighted by atomic mass is 9.94. The number of carbonyl (C=O) groups excluding carboxylic acids is 1. The second-order valence-corrected chi connectivity index (χ2v) is 4.43. The van der Waals surface area contributed by atoms with E-state index < -0.39 is 17.7 Å². The second kappa shape index (κ2) is 5.77. The molecule has 1 aliphatic heterocycles. The minimum absolute atomic E-state index is 0.123. The largest absolute Gasteiger partial charge is 0.469 e. The first kappa shape index (κ1) is 12.8. The number of carbonyl (C=O) groups is 1. The third-order valence-electron chi connectivity index (χ3n) is 3.11. The zero-order valence-electron chi connectivity index (χ0n) is 9.98. The summed E-state index contributed by atoms with van der Waals surface area (Å²) in [5.41, 5.74) is 0. The van der Waals surface area contributed by atoms with Gasteiger partial charge < -0.3 is 4.74 Å². The van der Waals surface area contributed by atoms with Crippen molar-refractivity contribution in [1.29, 1.82) is 0 Å². The summed E-state index contributed by atoms with van der Waals surface area (Å²) in [6.07, 6.45) is 4.70. The molecule has 0 aromatic carbocycles. The van der Waals surface area contributed by atoms with Gasteiger partial charge in [-0.1, -0.05) is 6.42 Å². The van der Waals surface area contributed by atoms with Gasteiger partial charge in [0.05, 0.1) is 20.3 Å². The molecule has 2 aliphatic rings. The summed E-state index contributed by atoms with van der Waals surface area (Å²) >= 11 is 0. The van der Waals surface area contributed by atoms with Crippen LogP contribution in [-0.2, 0) is 29.1 Å². The molecule has 0 atom stereocenters. The maximum Gasteiger partial charge on any atom is 0.313 e. The zero-order valence-corrected chi connectivity index (χ0v) is 9.98. The van der Waals surface area contributed by atoms with E-state index in [1.807, 2.05) is 0 Å². The first-order chi connectivity index (χ1) is 8.26. The Kier molecular flexibility index (Phi) is 4.33. The molecule has 1 aliphatic carbocycles. The smallest absolute Gasteiger partial charge is 0.313 e. The van der Waals surface area contributed by atoms with Gasteiger partial charge in [-0.25, -0.2) is 9.78 Å². The van der Waals surface area contributed by atoms with Crippen molar-refractivity contribution in [1.82, 2.24) is 0 Å². The number of methoxy groups -OCH3 is 1. The highest BCUT2D eigenvalue weighted by Gasteiger charge is 2.39.